The Kier molecular flexibility index (Phi) is 15.7. The van der Waals surface area contributed by atoms with Crippen LogP contribution in [-0.4, -0.2) is 30.0 Å². The van der Waals surface area contributed by atoms with Crippen molar-refractivity contribution in [2.24, 2.45) is 0 Å². The Balaban J connectivity index is 1.81. The molecule has 0 saturated carbocycles. The molecule has 0 fully saturated rings. The van der Waals surface area contributed by atoms with Crippen molar-refractivity contribution in [2.45, 2.75) is 110 Å². The quantitative estimate of drug-likeness (QED) is 0.0537. The van der Waals surface area contributed by atoms with Crippen molar-refractivity contribution in [3.05, 3.63) is 71.3 Å². The van der Waals surface area contributed by atoms with Gasteiger partial charge in [-0.25, -0.2) is 9.59 Å². The van der Waals surface area contributed by atoms with Crippen LogP contribution in [0, 0.1) is 0 Å². The summed E-state index contributed by atoms with van der Waals surface area (Å²) in [5.41, 5.74) is 1.28. The summed E-state index contributed by atoms with van der Waals surface area (Å²) in [7, 11) is 0. The summed E-state index contributed by atoms with van der Waals surface area (Å²) in [6, 6.07) is 12.1. The number of hydrogen-bond acceptors (Lipinski definition) is 5. The van der Waals surface area contributed by atoms with Gasteiger partial charge >= 0.3 is 18.1 Å². The first-order chi connectivity index (χ1) is 20.1. The number of alkyl halides is 3. The molecule has 42 heavy (non-hydrogen) atoms. The molecule has 0 aliphatic rings. The molecule has 0 radical (unpaired) electrons. The Bertz CT molecular complexity index is 1120. The van der Waals surface area contributed by atoms with E-state index in [1.807, 2.05) is 6.92 Å². The van der Waals surface area contributed by atoms with Gasteiger partial charge in [0.2, 0.25) is 0 Å². The van der Waals surface area contributed by atoms with Crippen molar-refractivity contribution >= 4 is 23.8 Å². The number of benzene rings is 2. The maximum atomic E-state index is 13.3. The van der Waals surface area contributed by atoms with Gasteiger partial charge in [-0.3, -0.25) is 4.79 Å². The average molecular weight is 589 g/mol. The lowest BCUT2D eigenvalue weighted by molar-refractivity contribution is -0.206. The predicted octanol–water partition coefficient (Wildman–Crippen LogP) is 9.69. The van der Waals surface area contributed by atoms with E-state index in [9.17, 15) is 27.6 Å². The van der Waals surface area contributed by atoms with Crippen molar-refractivity contribution in [3.8, 4) is 5.75 Å². The van der Waals surface area contributed by atoms with Crippen LogP contribution in [0.15, 0.2) is 54.6 Å². The number of carbonyl (C=O) groups is 3. The largest absolute Gasteiger partial charge is 0.449 e. The fourth-order valence-electron chi connectivity index (χ4n) is 4.38. The normalized spacial score (nSPS) is 12.3. The van der Waals surface area contributed by atoms with Crippen LogP contribution >= 0.6 is 0 Å². The molecule has 0 spiro atoms. The van der Waals surface area contributed by atoms with Crippen molar-refractivity contribution in [1.29, 1.82) is 0 Å². The highest BCUT2D eigenvalue weighted by atomic mass is 19.4. The summed E-state index contributed by atoms with van der Waals surface area (Å²) < 4.78 is 49.9. The topological polar surface area (TPSA) is 69.7 Å². The Hall–Kier alpha value is -3.42. The second kappa shape index (κ2) is 18.9. The summed E-state index contributed by atoms with van der Waals surface area (Å²) in [5.74, 6) is -1.53. The summed E-state index contributed by atoms with van der Waals surface area (Å²) >= 11 is 0. The van der Waals surface area contributed by atoms with E-state index in [2.05, 4.69) is 6.92 Å². The van der Waals surface area contributed by atoms with E-state index in [0.29, 0.717) is 30.4 Å². The highest BCUT2D eigenvalue weighted by Crippen LogP contribution is 2.28. The molecule has 2 aromatic carbocycles. The van der Waals surface area contributed by atoms with Crippen LogP contribution in [0.25, 0.3) is 6.08 Å². The van der Waals surface area contributed by atoms with Gasteiger partial charge < -0.3 is 9.47 Å². The average Bonchev–Trinajstić information content (AvgIpc) is 2.97. The summed E-state index contributed by atoms with van der Waals surface area (Å²) in [6.45, 7) is 4.15. The van der Waals surface area contributed by atoms with Gasteiger partial charge in [-0.2, -0.15) is 13.2 Å². The molecule has 0 aromatic heterocycles. The van der Waals surface area contributed by atoms with Gasteiger partial charge in [0.15, 0.2) is 11.9 Å². The molecule has 0 aliphatic heterocycles. The van der Waals surface area contributed by atoms with E-state index in [1.165, 1.54) is 56.0 Å². The molecule has 1 atom stereocenters. The van der Waals surface area contributed by atoms with Gasteiger partial charge in [0.05, 0.1) is 5.56 Å². The van der Waals surface area contributed by atoms with Crippen LogP contribution < -0.4 is 4.74 Å². The van der Waals surface area contributed by atoms with E-state index < -0.39 is 24.2 Å². The van der Waals surface area contributed by atoms with Crippen LogP contribution in [0.5, 0.6) is 5.75 Å². The summed E-state index contributed by atoms with van der Waals surface area (Å²) in [6.07, 6.45) is 6.92. The lowest BCUT2D eigenvalue weighted by Gasteiger charge is -2.20. The second-order valence-electron chi connectivity index (χ2n) is 10.5. The zero-order valence-corrected chi connectivity index (χ0v) is 24.7. The molecule has 8 heteroatoms. The number of Topliss-reactive ketones (excluding diaryl/α,β-unsaturated/α-hetero) is 1. The number of unbranched alkanes of at least 4 members (excludes halogenated alkanes) is 9. The molecule has 0 amide bonds. The van der Waals surface area contributed by atoms with Crippen LogP contribution in [0.3, 0.4) is 0 Å². The molecule has 230 valence electrons. The molecular formula is C34H43F3O5. The van der Waals surface area contributed by atoms with Gasteiger partial charge in [-0.15, -0.1) is 0 Å². The highest BCUT2D eigenvalue weighted by molar-refractivity contribution is 5.96. The third-order valence-corrected chi connectivity index (χ3v) is 6.89. The summed E-state index contributed by atoms with van der Waals surface area (Å²) in [4.78, 5) is 36.9. The smallest absolute Gasteiger partial charge is 0.425 e. The molecule has 0 heterocycles. The molecular weight excluding hydrogens is 545 g/mol. The molecule has 2 rings (SSSR count). The highest BCUT2D eigenvalue weighted by Gasteiger charge is 2.42. The zero-order chi connectivity index (χ0) is 30.8. The number of hydrogen-bond donors (Lipinski definition) is 0. The Morgan fingerprint density at radius 3 is 1.88 bits per heavy atom. The monoisotopic (exact) mass is 588 g/mol. The molecule has 5 nitrogen and oxygen atoms in total. The van der Waals surface area contributed by atoms with Gasteiger partial charge in [0, 0.05) is 18.1 Å². The molecule has 0 unspecified atom stereocenters. The van der Waals surface area contributed by atoms with Crippen molar-refractivity contribution in [1.82, 2.24) is 0 Å². The van der Waals surface area contributed by atoms with Gasteiger partial charge in [0.1, 0.15) is 5.75 Å². The predicted molar refractivity (Wildman–Crippen MR) is 159 cm³/mol. The molecule has 0 saturated heterocycles. The fourth-order valence-corrected chi connectivity index (χ4v) is 4.38. The second-order valence-corrected chi connectivity index (χ2v) is 10.5. The van der Waals surface area contributed by atoms with Crippen molar-refractivity contribution in [3.63, 3.8) is 0 Å². The van der Waals surface area contributed by atoms with E-state index >= 15 is 0 Å². The lowest BCUT2D eigenvalue weighted by Crippen LogP contribution is -2.33. The van der Waals surface area contributed by atoms with E-state index in [1.54, 1.807) is 30.3 Å². The zero-order valence-electron chi connectivity index (χ0n) is 24.7. The van der Waals surface area contributed by atoms with Gasteiger partial charge in [-0.05, 0) is 55.2 Å². The molecule has 2 aromatic rings. The van der Waals surface area contributed by atoms with Gasteiger partial charge in [0.25, 0.3) is 0 Å². The van der Waals surface area contributed by atoms with Crippen LogP contribution in [0.1, 0.15) is 124 Å². The number of rotatable bonds is 19. The minimum atomic E-state index is -4.65. The number of ketones is 1. The maximum Gasteiger partial charge on any atom is 0.425 e. The molecule has 0 aliphatic carbocycles. The number of carbonyl (C=O) groups excluding carboxylic acids is 3. The van der Waals surface area contributed by atoms with Crippen LogP contribution in [0.4, 0.5) is 13.2 Å². The Morgan fingerprint density at radius 1 is 0.738 bits per heavy atom. The maximum absolute atomic E-state index is 13.3. The van der Waals surface area contributed by atoms with Crippen molar-refractivity contribution < 1.29 is 37.0 Å². The van der Waals surface area contributed by atoms with Crippen molar-refractivity contribution in [2.75, 3.05) is 0 Å². The number of esters is 2. The lowest BCUT2D eigenvalue weighted by atomic mass is 10.0. The first-order valence-electron chi connectivity index (χ1n) is 15.0. The minimum Gasteiger partial charge on any atom is -0.449 e. The third kappa shape index (κ3) is 13.5. The first-order valence-corrected chi connectivity index (χ1v) is 15.0. The van der Waals surface area contributed by atoms with Crippen LogP contribution in [-0.2, 0) is 9.53 Å². The summed E-state index contributed by atoms with van der Waals surface area (Å²) in [5, 5.41) is 0. The fraction of sp³-hybridized carbons (Fsp3) is 0.500. The van der Waals surface area contributed by atoms with E-state index in [4.69, 9.17) is 9.47 Å². The number of ether oxygens (including phenoxy) is 2. The Morgan fingerprint density at radius 2 is 1.29 bits per heavy atom. The third-order valence-electron chi connectivity index (χ3n) is 6.89. The first kappa shape index (κ1) is 34.8. The minimum absolute atomic E-state index is 0.0743. The van der Waals surface area contributed by atoms with Gasteiger partial charge in [-0.1, -0.05) is 95.9 Å². The standard InChI is InChI=1S/C34H43F3O5/c1-3-5-7-9-10-11-12-14-30(38)27-19-16-26(17-20-27)18-25-32(39)41-29-23-21-28(22-24-29)33(40)42-31(34(35,36)37)15-13-8-6-4-2/h16-25,31H,3-15H2,1-2H3/t31-/m1/s1. The number of halogens is 3. The molecule has 0 N–H and O–H groups in total. The van der Waals surface area contributed by atoms with E-state index in [-0.39, 0.29) is 23.5 Å². The molecule has 0 bridgehead atoms. The Labute approximate surface area is 247 Å². The van der Waals surface area contributed by atoms with E-state index in [0.717, 1.165) is 32.1 Å². The SMILES string of the molecule is CCCCCCCCCC(=O)c1ccc(C=CC(=O)Oc2ccc(C(=O)O[C@H](CCCCCC)C(F)(F)F)cc2)cc1. The van der Waals surface area contributed by atoms with Crippen LogP contribution in [0.2, 0.25) is 0 Å².